The van der Waals surface area contributed by atoms with Gasteiger partial charge in [-0.05, 0) is 52.7 Å². The number of nitrogens with two attached hydrogens (primary N) is 1. The Kier molecular flexibility index (Phi) is 5.22. The van der Waals surface area contributed by atoms with Crippen LogP contribution in [0.5, 0.6) is 5.88 Å². The molecule has 1 fully saturated rings. The lowest BCUT2D eigenvalue weighted by molar-refractivity contribution is 0.222. The van der Waals surface area contributed by atoms with E-state index in [2.05, 4.69) is 26.8 Å². The van der Waals surface area contributed by atoms with Crippen LogP contribution in [-0.4, -0.2) is 54.7 Å². The van der Waals surface area contributed by atoms with Gasteiger partial charge in [-0.15, -0.1) is 0 Å². The van der Waals surface area contributed by atoms with Crippen LogP contribution in [0.2, 0.25) is 0 Å². The number of aromatic nitrogens is 2. The molecule has 0 spiro atoms. The van der Waals surface area contributed by atoms with Crippen LogP contribution in [-0.2, 0) is 0 Å². The minimum Gasteiger partial charge on any atom is -0.473 e. The van der Waals surface area contributed by atoms with Gasteiger partial charge in [-0.2, -0.15) is 4.98 Å². The third-order valence-corrected chi connectivity index (χ3v) is 3.91. The van der Waals surface area contributed by atoms with Gasteiger partial charge in [-0.25, -0.2) is 4.98 Å². The molecule has 118 valence electrons. The zero-order valence-corrected chi connectivity index (χ0v) is 13.5. The van der Waals surface area contributed by atoms with E-state index in [4.69, 9.17) is 10.5 Å². The first-order valence-corrected chi connectivity index (χ1v) is 7.64. The number of nitrogens with zero attached hydrogens (tertiary/aromatic N) is 4. The molecule has 0 unspecified atom stereocenters. The summed E-state index contributed by atoms with van der Waals surface area (Å²) in [6.45, 7) is 7.22. The number of piperidine rings is 1. The zero-order valence-electron chi connectivity index (χ0n) is 13.5. The summed E-state index contributed by atoms with van der Waals surface area (Å²) < 4.78 is 5.63. The highest BCUT2D eigenvalue weighted by molar-refractivity contribution is 5.67. The van der Waals surface area contributed by atoms with Crippen molar-refractivity contribution in [3.63, 3.8) is 0 Å². The second-order valence-corrected chi connectivity index (χ2v) is 6.21. The van der Waals surface area contributed by atoms with Gasteiger partial charge < -0.3 is 20.3 Å². The standard InChI is InChI=1S/C15H27N5O/c1-11(2)21-15-13(16)14(17-10-18-15)20(4)9-12-5-7-19(3)8-6-12/h10-12H,5-9,16H2,1-4H3. The third kappa shape index (κ3) is 4.20. The third-order valence-electron chi connectivity index (χ3n) is 3.91. The molecule has 0 aliphatic carbocycles. The Balaban J connectivity index is 2.03. The Labute approximate surface area is 127 Å². The quantitative estimate of drug-likeness (QED) is 0.890. The van der Waals surface area contributed by atoms with E-state index < -0.39 is 0 Å². The smallest absolute Gasteiger partial charge is 0.242 e. The lowest BCUT2D eigenvalue weighted by atomic mass is 9.97. The van der Waals surface area contributed by atoms with E-state index in [0.717, 1.165) is 12.4 Å². The van der Waals surface area contributed by atoms with Gasteiger partial charge in [-0.1, -0.05) is 0 Å². The highest BCUT2D eigenvalue weighted by Gasteiger charge is 2.21. The maximum absolute atomic E-state index is 6.16. The topological polar surface area (TPSA) is 67.5 Å². The predicted octanol–water partition coefficient (Wildman–Crippen LogP) is 1.62. The second-order valence-electron chi connectivity index (χ2n) is 6.21. The molecule has 1 saturated heterocycles. The summed E-state index contributed by atoms with van der Waals surface area (Å²) in [7, 11) is 4.22. The van der Waals surface area contributed by atoms with Crippen molar-refractivity contribution in [3.8, 4) is 5.88 Å². The van der Waals surface area contributed by atoms with Crippen molar-refractivity contribution in [3.05, 3.63) is 6.33 Å². The van der Waals surface area contributed by atoms with Crippen LogP contribution in [0.15, 0.2) is 6.33 Å². The number of rotatable bonds is 5. The van der Waals surface area contributed by atoms with Gasteiger partial charge in [0.2, 0.25) is 5.88 Å². The molecule has 0 saturated carbocycles. The first kappa shape index (κ1) is 15.8. The molecule has 1 aromatic heterocycles. The molecule has 1 aliphatic rings. The Morgan fingerprint density at radius 3 is 2.67 bits per heavy atom. The maximum Gasteiger partial charge on any atom is 0.242 e. The summed E-state index contributed by atoms with van der Waals surface area (Å²) in [5.74, 6) is 1.93. The summed E-state index contributed by atoms with van der Waals surface area (Å²) in [6, 6.07) is 0. The monoisotopic (exact) mass is 293 g/mol. The number of hydrogen-bond acceptors (Lipinski definition) is 6. The normalized spacial score (nSPS) is 17.2. The fourth-order valence-electron chi connectivity index (χ4n) is 2.71. The van der Waals surface area contributed by atoms with Gasteiger partial charge in [0.15, 0.2) is 5.82 Å². The van der Waals surface area contributed by atoms with Crippen LogP contribution in [0.3, 0.4) is 0 Å². The molecule has 6 heteroatoms. The maximum atomic E-state index is 6.16. The van der Waals surface area contributed by atoms with Gasteiger partial charge in [-0.3, -0.25) is 0 Å². The molecule has 2 N–H and O–H groups in total. The summed E-state index contributed by atoms with van der Waals surface area (Å²) >= 11 is 0. The minimum atomic E-state index is 0.0502. The molecule has 21 heavy (non-hydrogen) atoms. The molecule has 0 atom stereocenters. The molecule has 1 aromatic rings. The Bertz CT molecular complexity index is 457. The fraction of sp³-hybridized carbons (Fsp3) is 0.733. The number of ether oxygens (including phenoxy) is 1. The van der Waals surface area contributed by atoms with Crippen LogP contribution >= 0.6 is 0 Å². The van der Waals surface area contributed by atoms with Crippen molar-refractivity contribution < 1.29 is 4.74 Å². The molecule has 2 heterocycles. The SMILES string of the molecule is CC(C)Oc1ncnc(N(C)CC2CCN(C)CC2)c1N. The van der Waals surface area contributed by atoms with Crippen LogP contribution in [0.4, 0.5) is 11.5 Å². The molecule has 2 rings (SSSR count). The second kappa shape index (κ2) is 6.93. The van der Waals surface area contributed by atoms with Gasteiger partial charge in [0.1, 0.15) is 12.0 Å². The van der Waals surface area contributed by atoms with Crippen molar-refractivity contribution in [2.45, 2.75) is 32.8 Å². The van der Waals surface area contributed by atoms with E-state index in [1.807, 2.05) is 20.9 Å². The minimum absolute atomic E-state index is 0.0502. The van der Waals surface area contributed by atoms with Gasteiger partial charge in [0, 0.05) is 13.6 Å². The molecule has 0 radical (unpaired) electrons. The highest BCUT2D eigenvalue weighted by atomic mass is 16.5. The molecule has 0 bridgehead atoms. The van der Waals surface area contributed by atoms with Crippen LogP contribution in [0, 0.1) is 5.92 Å². The molecular weight excluding hydrogens is 266 g/mol. The van der Waals surface area contributed by atoms with Crippen molar-refractivity contribution in [1.82, 2.24) is 14.9 Å². The highest BCUT2D eigenvalue weighted by Crippen LogP contribution is 2.29. The van der Waals surface area contributed by atoms with Crippen molar-refractivity contribution in [2.75, 3.05) is 44.4 Å². The van der Waals surface area contributed by atoms with Crippen LogP contribution in [0.1, 0.15) is 26.7 Å². The van der Waals surface area contributed by atoms with Gasteiger partial charge in [0.05, 0.1) is 6.10 Å². The van der Waals surface area contributed by atoms with E-state index in [0.29, 0.717) is 17.5 Å². The van der Waals surface area contributed by atoms with E-state index in [-0.39, 0.29) is 6.10 Å². The van der Waals surface area contributed by atoms with Crippen molar-refractivity contribution in [2.24, 2.45) is 5.92 Å². The average molecular weight is 293 g/mol. The van der Waals surface area contributed by atoms with E-state index >= 15 is 0 Å². The van der Waals surface area contributed by atoms with E-state index in [1.165, 1.54) is 32.3 Å². The van der Waals surface area contributed by atoms with E-state index in [9.17, 15) is 0 Å². The molecule has 0 amide bonds. The first-order chi connectivity index (χ1) is 9.97. The fourth-order valence-corrected chi connectivity index (χ4v) is 2.71. The summed E-state index contributed by atoms with van der Waals surface area (Å²) in [4.78, 5) is 13.0. The molecule has 0 aromatic carbocycles. The molecule has 6 nitrogen and oxygen atoms in total. The van der Waals surface area contributed by atoms with Crippen LogP contribution < -0.4 is 15.4 Å². The average Bonchev–Trinajstić information content (AvgIpc) is 2.43. The Hall–Kier alpha value is -1.56. The van der Waals surface area contributed by atoms with Crippen LogP contribution in [0.25, 0.3) is 0 Å². The summed E-state index contributed by atoms with van der Waals surface area (Å²) in [6.07, 6.45) is 4.02. The Morgan fingerprint density at radius 2 is 2.05 bits per heavy atom. The lowest BCUT2D eigenvalue weighted by Crippen LogP contribution is -2.36. The molecular formula is C15H27N5O. The zero-order chi connectivity index (χ0) is 15.4. The van der Waals surface area contributed by atoms with Gasteiger partial charge in [0.25, 0.3) is 0 Å². The van der Waals surface area contributed by atoms with Crippen molar-refractivity contribution >= 4 is 11.5 Å². The van der Waals surface area contributed by atoms with Gasteiger partial charge >= 0.3 is 0 Å². The number of anilines is 2. The largest absolute Gasteiger partial charge is 0.473 e. The first-order valence-electron chi connectivity index (χ1n) is 7.64. The van der Waals surface area contributed by atoms with E-state index in [1.54, 1.807) is 0 Å². The number of likely N-dealkylation sites (tertiary alicyclic amines) is 1. The predicted molar refractivity (Wildman–Crippen MR) is 85.7 cm³/mol. The number of nitrogen functional groups attached to an aromatic ring is 1. The number of hydrogen-bond donors (Lipinski definition) is 1. The van der Waals surface area contributed by atoms with Crippen molar-refractivity contribution in [1.29, 1.82) is 0 Å². The lowest BCUT2D eigenvalue weighted by Gasteiger charge is -2.32. The summed E-state index contributed by atoms with van der Waals surface area (Å²) in [5, 5.41) is 0. The summed E-state index contributed by atoms with van der Waals surface area (Å²) in [5.41, 5.74) is 6.69. The Morgan fingerprint density at radius 1 is 1.38 bits per heavy atom. The molecule has 1 aliphatic heterocycles.